The number of aliphatic hydroxyl groups excluding tert-OH is 1. The molecule has 364 valence electrons. The van der Waals surface area contributed by atoms with E-state index in [0.717, 1.165) is 31.0 Å². The monoisotopic (exact) mass is 929 g/mol. The molecule has 2 aromatic heterocycles. The number of anilines is 2. The lowest BCUT2D eigenvalue weighted by atomic mass is 9.84. The predicted molar refractivity (Wildman–Crippen MR) is 244 cm³/mol. The van der Waals surface area contributed by atoms with Crippen LogP contribution >= 0.6 is 0 Å². The Morgan fingerprint density at radius 1 is 0.985 bits per heavy atom. The summed E-state index contributed by atoms with van der Waals surface area (Å²) in [6, 6.07) is 5.53. The van der Waals surface area contributed by atoms with Gasteiger partial charge in [-0.25, -0.2) is 10.2 Å². The lowest BCUT2D eigenvalue weighted by molar-refractivity contribution is -0.148. The van der Waals surface area contributed by atoms with Crippen molar-refractivity contribution >= 4 is 40.2 Å². The Labute approximate surface area is 384 Å². The lowest BCUT2D eigenvalue weighted by Gasteiger charge is -2.44. The smallest absolute Gasteiger partial charge is 0.408 e. The minimum atomic E-state index is -4.57. The van der Waals surface area contributed by atoms with Crippen molar-refractivity contribution in [2.75, 3.05) is 82.0 Å². The van der Waals surface area contributed by atoms with Crippen LogP contribution in [0.2, 0.25) is 0 Å². The van der Waals surface area contributed by atoms with Gasteiger partial charge in [-0.05, 0) is 81.2 Å². The van der Waals surface area contributed by atoms with Gasteiger partial charge >= 0.3 is 18.2 Å². The summed E-state index contributed by atoms with van der Waals surface area (Å²) in [6.07, 6.45) is -3.07. The van der Waals surface area contributed by atoms with Crippen LogP contribution in [0.1, 0.15) is 84.9 Å². The van der Waals surface area contributed by atoms with E-state index in [1.807, 2.05) is 46.0 Å². The first-order valence-electron chi connectivity index (χ1n) is 23.2. The largest absolute Gasteiger partial charge is 0.480 e. The standard InChI is InChI=1S/C47H67F3N8O8/c1-29(2)40-35(20-31(23-51-40)55-14-13-54-15-17-64-26-32(54)24-55)41-36(22-46(6,7)28-59)34-19-30(10-11-39(34)57(41)27-47(48,49)50)56-16-18-65-33(25-56)21-38(52-44(63)66-45(3,4)5)42(60)58-12-8-9-37(53-58)43(61)62/h10-11,19-20,23,29,32-33,37-38,53,59H,8-9,12-18,21-22,24-28H2,1-7H3,(H,52,63)(H,61,62)/t32-,33-,37-,38-/m0/s1. The fourth-order valence-corrected chi connectivity index (χ4v) is 9.58. The first-order chi connectivity index (χ1) is 31.1. The molecule has 4 aliphatic rings. The lowest BCUT2D eigenvalue weighted by Crippen LogP contribution is -2.61. The molecule has 66 heavy (non-hydrogen) atoms. The number of pyridine rings is 1. The molecule has 0 bridgehead atoms. The molecule has 0 unspecified atom stereocenters. The summed E-state index contributed by atoms with van der Waals surface area (Å²) in [7, 11) is 0. The van der Waals surface area contributed by atoms with E-state index in [2.05, 4.69) is 25.4 Å². The molecule has 4 saturated heterocycles. The molecule has 16 nitrogen and oxygen atoms in total. The second kappa shape index (κ2) is 19.9. The number of carbonyl (C=O) groups is 3. The minimum Gasteiger partial charge on any atom is -0.480 e. The van der Waals surface area contributed by atoms with Crippen LogP contribution in [0.4, 0.5) is 29.3 Å². The molecule has 0 radical (unpaired) electrons. The summed E-state index contributed by atoms with van der Waals surface area (Å²) in [5.74, 6) is -1.75. The van der Waals surface area contributed by atoms with E-state index in [9.17, 15) is 37.8 Å². The maximum absolute atomic E-state index is 14.9. The summed E-state index contributed by atoms with van der Waals surface area (Å²) in [4.78, 5) is 50.6. The van der Waals surface area contributed by atoms with E-state index in [-0.39, 0.29) is 51.1 Å². The van der Waals surface area contributed by atoms with E-state index in [1.165, 1.54) is 9.58 Å². The quantitative estimate of drug-likeness (QED) is 0.169. The van der Waals surface area contributed by atoms with Crippen molar-refractivity contribution in [1.29, 1.82) is 0 Å². The van der Waals surface area contributed by atoms with Crippen molar-refractivity contribution in [2.24, 2.45) is 5.41 Å². The molecule has 2 amide bonds. The first kappa shape index (κ1) is 49.2. The number of rotatable bonds is 13. The second-order valence-corrected chi connectivity index (χ2v) is 20.2. The van der Waals surface area contributed by atoms with Crippen molar-refractivity contribution in [3.8, 4) is 11.3 Å². The predicted octanol–water partition coefficient (Wildman–Crippen LogP) is 5.54. The Bertz CT molecular complexity index is 2230. The van der Waals surface area contributed by atoms with Gasteiger partial charge in [0.2, 0.25) is 0 Å². The Kier molecular flexibility index (Phi) is 14.8. The number of amides is 2. The molecule has 4 fully saturated rings. The highest BCUT2D eigenvalue weighted by Crippen LogP contribution is 2.44. The van der Waals surface area contributed by atoms with Crippen LogP contribution < -0.4 is 20.5 Å². The summed E-state index contributed by atoms with van der Waals surface area (Å²) in [6.45, 7) is 17.1. The Morgan fingerprint density at radius 3 is 2.44 bits per heavy atom. The number of hydrogen-bond acceptors (Lipinski definition) is 12. The molecule has 7 rings (SSSR count). The van der Waals surface area contributed by atoms with Gasteiger partial charge in [0.1, 0.15) is 24.2 Å². The summed E-state index contributed by atoms with van der Waals surface area (Å²) in [5, 5.41) is 24.8. The summed E-state index contributed by atoms with van der Waals surface area (Å²) < 4.78 is 63.4. The number of aliphatic hydroxyl groups is 1. The minimum absolute atomic E-state index is 0.0267. The molecule has 4 aliphatic heterocycles. The zero-order valence-electron chi connectivity index (χ0n) is 39.2. The zero-order chi connectivity index (χ0) is 47.7. The third-order valence-corrected chi connectivity index (χ3v) is 12.8. The number of alkyl carbamates (subject to hydrolysis) is 1. The number of hydrazine groups is 1. The van der Waals surface area contributed by atoms with Gasteiger partial charge in [-0.1, -0.05) is 27.7 Å². The topological polar surface area (TPSA) is 174 Å². The highest BCUT2D eigenvalue weighted by atomic mass is 19.4. The summed E-state index contributed by atoms with van der Waals surface area (Å²) in [5.41, 5.74) is 5.55. The highest BCUT2D eigenvalue weighted by Gasteiger charge is 2.38. The molecule has 4 atom stereocenters. The van der Waals surface area contributed by atoms with Crippen molar-refractivity contribution in [1.82, 2.24) is 30.2 Å². The van der Waals surface area contributed by atoms with Crippen LogP contribution in [0.3, 0.4) is 0 Å². The number of morpholine rings is 2. The number of fused-ring (bicyclic) bond motifs is 2. The van der Waals surface area contributed by atoms with Gasteiger partial charge in [-0.3, -0.25) is 24.5 Å². The Hall–Kier alpha value is -4.69. The third-order valence-electron chi connectivity index (χ3n) is 12.8. The molecule has 0 aliphatic carbocycles. The molecule has 0 saturated carbocycles. The van der Waals surface area contributed by atoms with Gasteiger partial charge in [0.05, 0.1) is 55.2 Å². The van der Waals surface area contributed by atoms with E-state index < -0.39 is 59.9 Å². The van der Waals surface area contributed by atoms with Crippen molar-refractivity contribution in [3.05, 3.63) is 41.7 Å². The van der Waals surface area contributed by atoms with Gasteiger partial charge < -0.3 is 44.1 Å². The number of aromatic nitrogens is 2. The van der Waals surface area contributed by atoms with E-state index in [4.69, 9.17) is 19.2 Å². The van der Waals surface area contributed by atoms with Gasteiger partial charge in [-0.2, -0.15) is 13.2 Å². The molecule has 1 aromatic carbocycles. The number of nitrogens with one attached hydrogen (secondary N) is 2. The number of halogens is 3. The maximum atomic E-state index is 14.9. The Balaban J connectivity index is 1.26. The number of nitrogens with zero attached hydrogens (tertiary/aromatic N) is 6. The van der Waals surface area contributed by atoms with Crippen LogP contribution in [0.25, 0.3) is 22.2 Å². The SMILES string of the molecule is CC(C)c1ncc(N2CCN3CCOC[C@@H]3C2)cc1-c1c(CC(C)(C)CO)c2cc(N3CCO[C@@H](C[C@H](NC(=O)OC(C)(C)C)C(=O)N4CCC[C@@H](C(=O)O)N4)C3)ccc2n1CC(F)(F)F. The van der Waals surface area contributed by atoms with Crippen molar-refractivity contribution in [3.63, 3.8) is 0 Å². The number of carbonyl (C=O) groups excluding carboxylic acids is 2. The molecule has 0 spiro atoms. The number of benzene rings is 1. The summed E-state index contributed by atoms with van der Waals surface area (Å²) >= 11 is 0. The molecular weight excluding hydrogens is 862 g/mol. The third kappa shape index (κ3) is 11.7. The molecule has 6 heterocycles. The number of hydrogen-bond donors (Lipinski definition) is 4. The molecule has 19 heteroatoms. The highest BCUT2D eigenvalue weighted by molar-refractivity contribution is 5.95. The van der Waals surface area contributed by atoms with Crippen LogP contribution in [-0.4, -0.2) is 156 Å². The van der Waals surface area contributed by atoms with Crippen LogP contribution in [0, 0.1) is 5.41 Å². The van der Waals surface area contributed by atoms with Crippen LogP contribution in [-0.2, 0) is 36.8 Å². The number of piperazine rings is 1. The number of alkyl halides is 3. The van der Waals surface area contributed by atoms with E-state index >= 15 is 0 Å². The maximum Gasteiger partial charge on any atom is 0.408 e. The number of aliphatic carboxylic acids is 1. The fourth-order valence-electron chi connectivity index (χ4n) is 9.58. The Morgan fingerprint density at radius 2 is 1.74 bits per heavy atom. The molecular formula is C47H67F3N8O8. The van der Waals surface area contributed by atoms with Gasteiger partial charge in [0.25, 0.3) is 5.91 Å². The van der Waals surface area contributed by atoms with E-state index in [0.29, 0.717) is 72.6 Å². The average molecular weight is 929 g/mol. The van der Waals surface area contributed by atoms with Gasteiger partial charge in [-0.15, -0.1) is 0 Å². The fraction of sp³-hybridized carbons (Fsp3) is 0.660. The normalized spacial score (nSPS) is 21.8. The number of carboxylic acids is 1. The van der Waals surface area contributed by atoms with E-state index in [1.54, 1.807) is 32.9 Å². The van der Waals surface area contributed by atoms with Gasteiger partial charge in [0, 0.05) is 81.0 Å². The van der Waals surface area contributed by atoms with Gasteiger partial charge in [0.15, 0.2) is 0 Å². The average Bonchev–Trinajstić information content (AvgIpc) is 3.54. The number of ether oxygens (including phenoxy) is 3. The molecule has 4 N–H and O–H groups in total. The van der Waals surface area contributed by atoms with Crippen LogP contribution in [0.15, 0.2) is 30.5 Å². The van der Waals surface area contributed by atoms with Crippen molar-refractivity contribution in [2.45, 2.75) is 123 Å². The second-order valence-electron chi connectivity index (χ2n) is 20.2. The zero-order valence-corrected chi connectivity index (χ0v) is 39.2. The first-order valence-corrected chi connectivity index (χ1v) is 23.2. The van der Waals surface area contributed by atoms with Crippen LogP contribution in [0.5, 0.6) is 0 Å². The van der Waals surface area contributed by atoms with Crippen molar-refractivity contribution < 1.29 is 52.0 Å². The molecule has 3 aromatic rings. The number of carboxylic acid groups (broad SMARTS) is 1.